The van der Waals surface area contributed by atoms with Crippen molar-refractivity contribution in [3.63, 3.8) is 0 Å². The molecule has 1 aromatic heterocycles. The van der Waals surface area contributed by atoms with E-state index in [1.807, 2.05) is 6.20 Å². The van der Waals surface area contributed by atoms with Crippen LogP contribution in [0.3, 0.4) is 0 Å². The van der Waals surface area contributed by atoms with Gasteiger partial charge in [-0.25, -0.2) is 0 Å². The Labute approximate surface area is 162 Å². The van der Waals surface area contributed by atoms with Crippen molar-refractivity contribution < 1.29 is 13.2 Å². The fraction of sp³-hybridized carbons (Fsp3) is 0.304. The van der Waals surface area contributed by atoms with Crippen molar-refractivity contribution in [3.8, 4) is 0 Å². The van der Waals surface area contributed by atoms with Crippen LogP contribution in [0.1, 0.15) is 36.0 Å². The average Bonchev–Trinajstić information content (AvgIpc) is 3.00. The molecule has 2 N–H and O–H groups in total. The summed E-state index contributed by atoms with van der Waals surface area (Å²) in [6.45, 7) is 4.18. The molecule has 5 heteroatoms. The van der Waals surface area contributed by atoms with Gasteiger partial charge in [0.15, 0.2) is 0 Å². The minimum absolute atomic E-state index is 0.563. The number of hydrogen-bond donors (Lipinski definition) is 2. The molecular formula is C23H23F3N2. The third kappa shape index (κ3) is 3.93. The Kier molecular flexibility index (Phi) is 4.92. The third-order valence-corrected chi connectivity index (χ3v) is 5.62. The zero-order chi connectivity index (χ0) is 19.7. The van der Waals surface area contributed by atoms with Crippen molar-refractivity contribution in [1.82, 2.24) is 4.98 Å². The summed E-state index contributed by atoms with van der Waals surface area (Å²) in [5.74, 6) is 0.563. The number of fused-ring (bicyclic) bond motifs is 1. The summed E-state index contributed by atoms with van der Waals surface area (Å²) in [6, 6.07) is 11.7. The first-order valence-corrected chi connectivity index (χ1v) is 9.62. The molecule has 28 heavy (non-hydrogen) atoms. The van der Waals surface area contributed by atoms with Crippen molar-refractivity contribution in [3.05, 3.63) is 77.6 Å². The van der Waals surface area contributed by atoms with E-state index < -0.39 is 11.7 Å². The van der Waals surface area contributed by atoms with Gasteiger partial charge in [0.2, 0.25) is 0 Å². The lowest BCUT2D eigenvalue weighted by atomic mass is 9.83. The molecule has 0 radical (unpaired) electrons. The van der Waals surface area contributed by atoms with Gasteiger partial charge in [-0.1, -0.05) is 31.2 Å². The standard InChI is InChI=1S/C23H23F3N2/c1-15(18-3-2-4-18)28-22-14-27-21-12-9-17(13-20(21)22)6-5-16-7-10-19(11-8-16)23(24,25)26/h7-14,18,27-28H,1-6H2. The lowest BCUT2D eigenvalue weighted by molar-refractivity contribution is -0.137. The van der Waals surface area contributed by atoms with E-state index in [0.29, 0.717) is 12.3 Å². The summed E-state index contributed by atoms with van der Waals surface area (Å²) in [4.78, 5) is 3.28. The SMILES string of the molecule is C=C(Nc1c[nH]c2ccc(CCc3ccc(C(F)(F)F)cc3)cc12)C1CCC1. The van der Waals surface area contributed by atoms with Gasteiger partial charge in [0.25, 0.3) is 0 Å². The van der Waals surface area contributed by atoms with E-state index in [0.717, 1.165) is 52.0 Å². The molecule has 0 unspecified atom stereocenters. The number of alkyl halides is 3. The van der Waals surface area contributed by atoms with Crippen LogP contribution >= 0.6 is 0 Å². The molecule has 0 bridgehead atoms. The van der Waals surface area contributed by atoms with Gasteiger partial charge >= 0.3 is 6.18 Å². The number of aromatic amines is 1. The Hall–Kier alpha value is -2.69. The second kappa shape index (κ2) is 7.38. The molecule has 0 aliphatic heterocycles. The third-order valence-electron chi connectivity index (χ3n) is 5.62. The highest BCUT2D eigenvalue weighted by atomic mass is 19.4. The molecule has 4 rings (SSSR count). The molecule has 1 fully saturated rings. The number of anilines is 1. The molecule has 0 atom stereocenters. The first kappa shape index (κ1) is 18.7. The number of halogens is 3. The first-order valence-electron chi connectivity index (χ1n) is 9.62. The van der Waals surface area contributed by atoms with Crippen LogP contribution < -0.4 is 5.32 Å². The smallest absolute Gasteiger partial charge is 0.359 e. The summed E-state index contributed by atoms with van der Waals surface area (Å²) >= 11 is 0. The number of allylic oxidation sites excluding steroid dienone is 1. The molecule has 0 spiro atoms. The van der Waals surface area contributed by atoms with Crippen LogP contribution in [0.25, 0.3) is 10.9 Å². The zero-order valence-corrected chi connectivity index (χ0v) is 15.6. The fourth-order valence-electron chi connectivity index (χ4n) is 3.61. The van der Waals surface area contributed by atoms with Crippen LogP contribution in [0.5, 0.6) is 0 Å². The van der Waals surface area contributed by atoms with E-state index in [1.54, 1.807) is 12.1 Å². The number of rotatable bonds is 6. The van der Waals surface area contributed by atoms with Crippen molar-refractivity contribution in [2.45, 2.75) is 38.3 Å². The number of aromatic nitrogens is 1. The second-order valence-electron chi connectivity index (χ2n) is 7.56. The summed E-state index contributed by atoms with van der Waals surface area (Å²) in [6.07, 6.45) is 2.83. The molecule has 1 heterocycles. The molecule has 1 aliphatic carbocycles. The summed E-state index contributed by atoms with van der Waals surface area (Å²) in [7, 11) is 0. The molecule has 146 valence electrons. The molecule has 1 saturated carbocycles. The average molecular weight is 384 g/mol. The van der Waals surface area contributed by atoms with Gasteiger partial charge in [-0.15, -0.1) is 0 Å². The highest BCUT2D eigenvalue weighted by molar-refractivity contribution is 5.93. The summed E-state index contributed by atoms with van der Waals surface area (Å²) in [5.41, 5.74) is 4.61. The van der Waals surface area contributed by atoms with Crippen LogP contribution in [-0.2, 0) is 19.0 Å². The highest BCUT2D eigenvalue weighted by Crippen LogP contribution is 2.34. The molecule has 0 amide bonds. The van der Waals surface area contributed by atoms with E-state index in [1.165, 1.54) is 19.3 Å². The van der Waals surface area contributed by atoms with Crippen LogP contribution in [0.15, 0.2) is 60.9 Å². The second-order valence-corrected chi connectivity index (χ2v) is 7.56. The van der Waals surface area contributed by atoms with Gasteiger partial charge in [0.05, 0.1) is 11.3 Å². The quantitative estimate of drug-likeness (QED) is 0.486. The van der Waals surface area contributed by atoms with E-state index in [2.05, 4.69) is 35.1 Å². The first-order chi connectivity index (χ1) is 13.4. The predicted molar refractivity (Wildman–Crippen MR) is 107 cm³/mol. The molecule has 0 saturated heterocycles. The Bertz CT molecular complexity index is 979. The van der Waals surface area contributed by atoms with Gasteiger partial charge in [-0.3, -0.25) is 0 Å². The lowest BCUT2D eigenvalue weighted by Gasteiger charge is -2.28. The number of H-pyrrole nitrogens is 1. The highest BCUT2D eigenvalue weighted by Gasteiger charge is 2.29. The maximum atomic E-state index is 12.7. The zero-order valence-electron chi connectivity index (χ0n) is 15.6. The Morgan fingerprint density at radius 2 is 1.71 bits per heavy atom. The predicted octanol–water partition coefficient (Wildman–Crippen LogP) is 6.70. The van der Waals surface area contributed by atoms with Crippen LogP contribution in [0.4, 0.5) is 18.9 Å². The van der Waals surface area contributed by atoms with E-state index in [9.17, 15) is 13.2 Å². The normalized spacial score (nSPS) is 14.8. The van der Waals surface area contributed by atoms with Crippen LogP contribution in [0.2, 0.25) is 0 Å². The molecule has 1 aliphatic rings. The largest absolute Gasteiger partial charge is 0.416 e. The van der Waals surface area contributed by atoms with Gasteiger partial charge < -0.3 is 10.3 Å². The maximum absolute atomic E-state index is 12.7. The van der Waals surface area contributed by atoms with Crippen LogP contribution in [0, 0.1) is 5.92 Å². The molecule has 3 aromatic rings. The van der Waals surface area contributed by atoms with Gasteiger partial charge in [0.1, 0.15) is 0 Å². The fourth-order valence-corrected chi connectivity index (χ4v) is 3.61. The van der Waals surface area contributed by atoms with Gasteiger partial charge in [-0.05, 0) is 67.0 Å². The number of nitrogens with one attached hydrogen (secondary N) is 2. The number of aryl methyl sites for hydroxylation is 2. The van der Waals surface area contributed by atoms with E-state index in [4.69, 9.17) is 0 Å². The summed E-state index contributed by atoms with van der Waals surface area (Å²) in [5, 5.41) is 4.57. The van der Waals surface area contributed by atoms with Crippen molar-refractivity contribution in [1.29, 1.82) is 0 Å². The van der Waals surface area contributed by atoms with Gasteiger partial charge in [-0.2, -0.15) is 13.2 Å². The van der Waals surface area contributed by atoms with Gasteiger partial charge in [0, 0.05) is 22.8 Å². The van der Waals surface area contributed by atoms with Crippen molar-refractivity contribution >= 4 is 16.6 Å². The van der Waals surface area contributed by atoms with Crippen molar-refractivity contribution in [2.75, 3.05) is 5.32 Å². The van der Waals surface area contributed by atoms with E-state index >= 15 is 0 Å². The minimum atomic E-state index is -4.29. The lowest BCUT2D eigenvalue weighted by Crippen LogP contribution is -2.17. The maximum Gasteiger partial charge on any atom is 0.416 e. The van der Waals surface area contributed by atoms with Crippen LogP contribution in [-0.4, -0.2) is 4.98 Å². The Morgan fingerprint density at radius 3 is 2.36 bits per heavy atom. The topological polar surface area (TPSA) is 27.8 Å². The Morgan fingerprint density at radius 1 is 1.04 bits per heavy atom. The number of benzene rings is 2. The molecule has 2 aromatic carbocycles. The van der Waals surface area contributed by atoms with Crippen molar-refractivity contribution in [2.24, 2.45) is 5.92 Å². The minimum Gasteiger partial charge on any atom is -0.359 e. The number of hydrogen-bond acceptors (Lipinski definition) is 1. The monoisotopic (exact) mass is 384 g/mol. The Balaban J connectivity index is 1.45. The summed E-state index contributed by atoms with van der Waals surface area (Å²) < 4.78 is 38.0. The molecule has 2 nitrogen and oxygen atoms in total. The van der Waals surface area contributed by atoms with E-state index in [-0.39, 0.29) is 0 Å². The molecular weight excluding hydrogens is 361 g/mol.